The third kappa shape index (κ3) is 2.36. The predicted octanol–water partition coefficient (Wildman–Crippen LogP) is 2.83. The minimum absolute atomic E-state index is 0.101. The number of rotatable bonds is 2. The van der Waals surface area contributed by atoms with Crippen LogP contribution in [0.4, 0.5) is 0 Å². The molecule has 0 aliphatic heterocycles. The molecule has 0 bridgehead atoms. The summed E-state index contributed by atoms with van der Waals surface area (Å²) in [5, 5.41) is 0.434. The third-order valence-corrected chi connectivity index (χ3v) is 3.45. The van der Waals surface area contributed by atoms with Gasteiger partial charge in [-0.05, 0) is 24.1 Å². The Bertz CT molecular complexity index is 412. The molecule has 0 radical (unpaired) electrons. The Morgan fingerprint density at radius 3 is 2.38 bits per heavy atom. The second kappa shape index (κ2) is 3.86. The van der Waals surface area contributed by atoms with Crippen LogP contribution in [0.15, 0.2) is 23.1 Å². The van der Waals surface area contributed by atoms with E-state index in [0.717, 1.165) is 0 Å². The average Bonchev–Trinajstić information content (AvgIpc) is 2.02. The van der Waals surface area contributed by atoms with Gasteiger partial charge in [0, 0.05) is 15.7 Å². The predicted molar refractivity (Wildman–Crippen MR) is 53.9 cm³/mol. The summed E-state index contributed by atoms with van der Waals surface area (Å²) >= 11 is 5.81. The van der Waals surface area contributed by atoms with Gasteiger partial charge in [-0.3, -0.25) is 0 Å². The first-order valence-corrected chi connectivity index (χ1v) is 6.37. The van der Waals surface area contributed by atoms with Gasteiger partial charge < -0.3 is 0 Å². The summed E-state index contributed by atoms with van der Waals surface area (Å²) in [6.45, 7) is 1.83. The molecular formula is C8H8Cl2O2S. The van der Waals surface area contributed by atoms with Crippen molar-refractivity contribution in [1.82, 2.24) is 0 Å². The largest absolute Gasteiger partial charge is 0.261 e. The van der Waals surface area contributed by atoms with Crippen molar-refractivity contribution in [3.8, 4) is 0 Å². The van der Waals surface area contributed by atoms with E-state index in [1.54, 1.807) is 12.1 Å². The van der Waals surface area contributed by atoms with Gasteiger partial charge in [-0.25, -0.2) is 8.42 Å². The molecule has 1 aromatic carbocycles. The van der Waals surface area contributed by atoms with Crippen molar-refractivity contribution in [2.45, 2.75) is 18.2 Å². The second-order valence-corrected chi connectivity index (χ2v) is 5.45. The highest BCUT2D eigenvalue weighted by Crippen LogP contribution is 2.26. The molecule has 0 amide bonds. The van der Waals surface area contributed by atoms with Gasteiger partial charge in [0.25, 0.3) is 9.05 Å². The topological polar surface area (TPSA) is 34.1 Å². The van der Waals surface area contributed by atoms with E-state index in [1.165, 1.54) is 6.07 Å². The van der Waals surface area contributed by atoms with E-state index >= 15 is 0 Å². The molecule has 0 unspecified atom stereocenters. The first-order valence-electron chi connectivity index (χ1n) is 3.69. The minimum atomic E-state index is -3.68. The van der Waals surface area contributed by atoms with E-state index < -0.39 is 9.05 Å². The molecule has 1 aromatic rings. The van der Waals surface area contributed by atoms with Crippen LogP contribution >= 0.6 is 22.3 Å². The van der Waals surface area contributed by atoms with Gasteiger partial charge in [0.1, 0.15) is 0 Å². The lowest BCUT2D eigenvalue weighted by Crippen LogP contribution is -1.97. The summed E-state index contributed by atoms with van der Waals surface area (Å²) in [4.78, 5) is 0.101. The lowest BCUT2D eigenvalue weighted by molar-refractivity contribution is 0.608. The van der Waals surface area contributed by atoms with Crippen molar-refractivity contribution in [2.24, 2.45) is 0 Å². The van der Waals surface area contributed by atoms with E-state index in [9.17, 15) is 8.42 Å². The molecule has 0 aliphatic rings. The van der Waals surface area contributed by atoms with E-state index in [0.29, 0.717) is 17.0 Å². The van der Waals surface area contributed by atoms with Crippen LogP contribution in [0.25, 0.3) is 0 Å². The maximum Gasteiger partial charge on any atom is 0.261 e. The molecule has 0 spiro atoms. The van der Waals surface area contributed by atoms with Gasteiger partial charge in [0.05, 0.1) is 4.90 Å². The molecule has 0 N–H and O–H groups in total. The molecule has 0 saturated carbocycles. The highest BCUT2D eigenvalue weighted by molar-refractivity contribution is 8.13. The van der Waals surface area contributed by atoms with Gasteiger partial charge in [-0.15, -0.1) is 0 Å². The van der Waals surface area contributed by atoms with Crippen molar-refractivity contribution in [1.29, 1.82) is 0 Å². The van der Waals surface area contributed by atoms with Crippen molar-refractivity contribution >= 4 is 31.3 Å². The van der Waals surface area contributed by atoms with Crippen LogP contribution in [0.2, 0.25) is 5.02 Å². The molecule has 1 rings (SSSR count). The SMILES string of the molecule is CCc1c(Cl)cccc1S(=O)(=O)Cl. The van der Waals surface area contributed by atoms with Crippen LogP contribution in [-0.2, 0) is 15.5 Å². The monoisotopic (exact) mass is 238 g/mol. The van der Waals surface area contributed by atoms with Crippen LogP contribution in [0.1, 0.15) is 12.5 Å². The van der Waals surface area contributed by atoms with Gasteiger partial charge in [0.15, 0.2) is 0 Å². The quantitative estimate of drug-likeness (QED) is 0.743. The molecule has 0 saturated heterocycles. The second-order valence-electron chi connectivity index (χ2n) is 2.51. The molecule has 13 heavy (non-hydrogen) atoms. The van der Waals surface area contributed by atoms with Gasteiger partial charge in [-0.1, -0.05) is 24.6 Å². The molecule has 72 valence electrons. The fraction of sp³-hybridized carbons (Fsp3) is 0.250. The summed E-state index contributed by atoms with van der Waals surface area (Å²) in [5.41, 5.74) is 0.569. The summed E-state index contributed by atoms with van der Waals surface area (Å²) < 4.78 is 22.1. The molecule has 0 aliphatic carbocycles. The van der Waals surface area contributed by atoms with E-state index in [4.69, 9.17) is 22.3 Å². The smallest absolute Gasteiger partial charge is 0.207 e. The highest BCUT2D eigenvalue weighted by Gasteiger charge is 2.15. The molecule has 2 nitrogen and oxygen atoms in total. The number of hydrogen-bond acceptors (Lipinski definition) is 2. The van der Waals surface area contributed by atoms with Gasteiger partial charge in [-0.2, -0.15) is 0 Å². The van der Waals surface area contributed by atoms with Crippen LogP contribution in [0.3, 0.4) is 0 Å². The lowest BCUT2D eigenvalue weighted by atomic mass is 10.2. The fourth-order valence-electron chi connectivity index (χ4n) is 1.11. The van der Waals surface area contributed by atoms with E-state index in [1.807, 2.05) is 6.92 Å². The summed E-state index contributed by atoms with van der Waals surface area (Å²) in [6.07, 6.45) is 0.543. The van der Waals surface area contributed by atoms with Crippen LogP contribution in [0.5, 0.6) is 0 Å². The molecule has 0 aromatic heterocycles. The van der Waals surface area contributed by atoms with Crippen LogP contribution in [0, 0.1) is 0 Å². The zero-order valence-corrected chi connectivity index (χ0v) is 9.25. The Morgan fingerprint density at radius 1 is 1.38 bits per heavy atom. The molecule has 5 heteroatoms. The molecule has 0 atom stereocenters. The minimum Gasteiger partial charge on any atom is -0.207 e. The third-order valence-electron chi connectivity index (χ3n) is 1.69. The van der Waals surface area contributed by atoms with Crippen LogP contribution in [-0.4, -0.2) is 8.42 Å². The van der Waals surface area contributed by atoms with Crippen LogP contribution < -0.4 is 0 Å². The maximum atomic E-state index is 11.1. The zero-order chi connectivity index (χ0) is 10.1. The average molecular weight is 239 g/mol. The Kier molecular flexibility index (Phi) is 3.22. The summed E-state index contributed by atoms with van der Waals surface area (Å²) in [7, 11) is 1.55. The highest BCUT2D eigenvalue weighted by atomic mass is 35.7. The molecule has 0 fully saturated rings. The number of hydrogen-bond donors (Lipinski definition) is 0. The van der Waals surface area contributed by atoms with Gasteiger partial charge >= 0.3 is 0 Å². The zero-order valence-electron chi connectivity index (χ0n) is 6.92. The molecule has 0 heterocycles. The summed E-state index contributed by atoms with van der Waals surface area (Å²) in [6, 6.07) is 4.66. The standard InChI is InChI=1S/C8H8Cl2O2S/c1-2-6-7(9)4-3-5-8(6)13(10,11)12/h3-5H,2H2,1H3. The Morgan fingerprint density at radius 2 is 2.00 bits per heavy atom. The van der Waals surface area contributed by atoms with E-state index in [2.05, 4.69) is 0 Å². The van der Waals surface area contributed by atoms with Crippen molar-refractivity contribution in [3.63, 3.8) is 0 Å². The van der Waals surface area contributed by atoms with Crippen molar-refractivity contribution < 1.29 is 8.42 Å². The Labute approximate surface area is 86.9 Å². The normalized spacial score (nSPS) is 11.6. The number of benzene rings is 1. The first-order chi connectivity index (χ1) is 5.96. The lowest BCUT2D eigenvalue weighted by Gasteiger charge is -2.05. The summed E-state index contributed by atoms with van der Waals surface area (Å²) in [5.74, 6) is 0. The Hall–Kier alpha value is -0.250. The number of halogens is 2. The Balaban J connectivity index is 3.47. The van der Waals surface area contributed by atoms with Crippen molar-refractivity contribution in [3.05, 3.63) is 28.8 Å². The van der Waals surface area contributed by atoms with E-state index in [-0.39, 0.29) is 4.90 Å². The van der Waals surface area contributed by atoms with Crippen molar-refractivity contribution in [2.75, 3.05) is 0 Å². The fourth-order valence-corrected chi connectivity index (χ4v) is 2.70. The van der Waals surface area contributed by atoms with Gasteiger partial charge in [0.2, 0.25) is 0 Å². The molecular weight excluding hydrogens is 231 g/mol. The first kappa shape index (κ1) is 10.8. The maximum absolute atomic E-state index is 11.1.